The van der Waals surface area contributed by atoms with Crippen LogP contribution in [0.15, 0.2) is 64.5 Å². The van der Waals surface area contributed by atoms with Crippen LogP contribution in [0.1, 0.15) is 49.8 Å². The first-order chi connectivity index (χ1) is 11.6. The van der Waals surface area contributed by atoms with E-state index in [0.717, 1.165) is 36.3 Å². The summed E-state index contributed by atoms with van der Waals surface area (Å²) in [5, 5.41) is 0.0626. The molecule has 3 rings (SSSR count). The Balaban J connectivity index is 1.84. The first-order valence-corrected chi connectivity index (χ1v) is 9.95. The molecule has 2 aromatic rings. The summed E-state index contributed by atoms with van der Waals surface area (Å²) < 4.78 is 13.1. The highest BCUT2D eigenvalue weighted by molar-refractivity contribution is 7.86. The molecule has 0 amide bonds. The van der Waals surface area contributed by atoms with Gasteiger partial charge in [0.15, 0.2) is 0 Å². The minimum Gasteiger partial charge on any atom is -0.285 e. The molecule has 0 radical (unpaired) electrons. The molecule has 126 valence electrons. The maximum absolute atomic E-state index is 13.1. The number of nitrogens with zero attached hydrogens (tertiary/aromatic N) is 1. The molecule has 2 unspecified atom stereocenters. The topological polar surface area (TPSA) is 29.4 Å². The van der Waals surface area contributed by atoms with Crippen LogP contribution in [-0.2, 0) is 10.8 Å². The molecule has 2 aromatic carbocycles. The van der Waals surface area contributed by atoms with Crippen molar-refractivity contribution in [3.05, 3.63) is 65.7 Å². The zero-order valence-electron chi connectivity index (χ0n) is 14.4. The Hall–Kier alpha value is -1.74. The molecule has 3 heteroatoms. The van der Waals surface area contributed by atoms with Crippen molar-refractivity contribution in [2.24, 2.45) is 4.99 Å². The SMILES string of the molecule is Cc1ccc(S(=O)C2CCCCC2=N[C@@H](C)c2ccccc2)cc1. The minimum atomic E-state index is -1.01. The highest BCUT2D eigenvalue weighted by Crippen LogP contribution is 2.27. The van der Waals surface area contributed by atoms with Gasteiger partial charge in [0.1, 0.15) is 0 Å². The first kappa shape index (κ1) is 17.1. The third kappa shape index (κ3) is 4.02. The summed E-state index contributed by atoms with van der Waals surface area (Å²) in [4.78, 5) is 5.90. The Kier molecular flexibility index (Phi) is 5.62. The van der Waals surface area contributed by atoms with Crippen molar-refractivity contribution >= 4 is 16.5 Å². The molecule has 0 aliphatic heterocycles. The van der Waals surface area contributed by atoms with E-state index in [-0.39, 0.29) is 11.3 Å². The van der Waals surface area contributed by atoms with Crippen LogP contribution in [0, 0.1) is 6.92 Å². The molecule has 1 aliphatic carbocycles. The van der Waals surface area contributed by atoms with Crippen LogP contribution in [0.3, 0.4) is 0 Å². The van der Waals surface area contributed by atoms with Crippen LogP contribution in [0.2, 0.25) is 0 Å². The standard InChI is InChI=1S/C21H25NOS/c1-16-12-14-19(15-13-16)24(23)21-11-7-6-10-20(21)22-17(2)18-8-4-3-5-9-18/h3-5,8-9,12-15,17,21H,6-7,10-11H2,1-2H3/t17-,21?,24?/m0/s1. The molecule has 1 fully saturated rings. The van der Waals surface area contributed by atoms with E-state index in [9.17, 15) is 4.21 Å². The fourth-order valence-corrected chi connectivity index (χ4v) is 4.77. The number of aliphatic imine (C=N–C) groups is 1. The van der Waals surface area contributed by atoms with Crippen molar-refractivity contribution in [3.63, 3.8) is 0 Å². The Morgan fingerprint density at radius 1 is 1.04 bits per heavy atom. The summed E-state index contributed by atoms with van der Waals surface area (Å²) in [5.74, 6) is 0. The van der Waals surface area contributed by atoms with E-state index in [1.165, 1.54) is 11.1 Å². The molecule has 3 atom stereocenters. The minimum absolute atomic E-state index is 0.0626. The van der Waals surface area contributed by atoms with Crippen molar-refractivity contribution in [3.8, 4) is 0 Å². The molecule has 1 aliphatic rings. The lowest BCUT2D eigenvalue weighted by Gasteiger charge is -2.25. The van der Waals surface area contributed by atoms with Crippen LogP contribution in [0.4, 0.5) is 0 Å². The molecule has 24 heavy (non-hydrogen) atoms. The molecule has 0 N–H and O–H groups in total. The van der Waals surface area contributed by atoms with Gasteiger partial charge in [-0.2, -0.15) is 0 Å². The third-order valence-corrected chi connectivity index (χ3v) is 6.44. The zero-order valence-corrected chi connectivity index (χ0v) is 15.3. The Labute approximate surface area is 147 Å². The number of aryl methyl sites for hydroxylation is 1. The average Bonchev–Trinajstić information content (AvgIpc) is 2.63. The van der Waals surface area contributed by atoms with Gasteiger partial charge in [0, 0.05) is 10.6 Å². The van der Waals surface area contributed by atoms with Crippen molar-refractivity contribution in [1.82, 2.24) is 0 Å². The molecule has 1 saturated carbocycles. The zero-order chi connectivity index (χ0) is 16.9. The number of hydrogen-bond acceptors (Lipinski definition) is 2. The maximum atomic E-state index is 13.1. The first-order valence-electron chi connectivity index (χ1n) is 8.74. The molecule has 0 aromatic heterocycles. The molecule has 0 spiro atoms. The van der Waals surface area contributed by atoms with E-state index < -0.39 is 10.8 Å². The van der Waals surface area contributed by atoms with Gasteiger partial charge in [0.25, 0.3) is 0 Å². The fraction of sp³-hybridized carbons (Fsp3) is 0.381. The average molecular weight is 340 g/mol. The van der Waals surface area contributed by atoms with E-state index in [4.69, 9.17) is 4.99 Å². The van der Waals surface area contributed by atoms with E-state index >= 15 is 0 Å². The van der Waals surface area contributed by atoms with E-state index in [2.05, 4.69) is 38.1 Å². The number of rotatable bonds is 4. The predicted molar refractivity (Wildman–Crippen MR) is 102 cm³/mol. The highest BCUT2D eigenvalue weighted by atomic mass is 32.2. The van der Waals surface area contributed by atoms with Crippen LogP contribution >= 0.6 is 0 Å². The quantitative estimate of drug-likeness (QED) is 0.748. The normalized spacial score (nSPS) is 22.2. The van der Waals surface area contributed by atoms with Gasteiger partial charge in [-0.1, -0.05) is 54.4 Å². The lowest BCUT2D eigenvalue weighted by atomic mass is 9.97. The molecule has 0 bridgehead atoms. The highest BCUT2D eigenvalue weighted by Gasteiger charge is 2.27. The van der Waals surface area contributed by atoms with Crippen LogP contribution in [0.5, 0.6) is 0 Å². The summed E-state index contributed by atoms with van der Waals surface area (Å²) >= 11 is 0. The monoisotopic (exact) mass is 339 g/mol. The van der Waals surface area contributed by atoms with Gasteiger partial charge in [-0.25, -0.2) is 0 Å². The van der Waals surface area contributed by atoms with Crippen molar-refractivity contribution in [2.75, 3.05) is 0 Å². The van der Waals surface area contributed by atoms with Crippen LogP contribution in [-0.4, -0.2) is 15.2 Å². The third-order valence-electron chi connectivity index (χ3n) is 4.67. The second-order valence-electron chi connectivity index (χ2n) is 6.55. The predicted octanol–water partition coefficient (Wildman–Crippen LogP) is 5.25. The van der Waals surface area contributed by atoms with Gasteiger partial charge in [-0.15, -0.1) is 0 Å². The molecule has 0 saturated heterocycles. The van der Waals surface area contributed by atoms with Crippen molar-refractivity contribution in [2.45, 2.75) is 55.7 Å². The lowest BCUT2D eigenvalue weighted by Crippen LogP contribution is -2.30. The van der Waals surface area contributed by atoms with Gasteiger partial charge in [-0.3, -0.25) is 9.20 Å². The molecule has 0 heterocycles. The Morgan fingerprint density at radius 3 is 2.46 bits per heavy atom. The number of benzene rings is 2. The maximum Gasteiger partial charge on any atom is 0.0772 e. The molecular weight excluding hydrogens is 314 g/mol. The Morgan fingerprint density at radius 2 is 1.75 bits per heavy atom. The van der Waals surface area contributed by atoms with E-state index in [0.29, 0.717) is 0 Å². The van der Waals surface area contributed by atoms with Gasteiger partial charge >= 0.3 is 0 Å². The van der Waals surface area contributed by atoms with E-state index in [1.54, 1.807) is 0 Å². The van der Waals surface area contributed by atoms with Gasteiger partial charge < -0.3 is 0 Å². The second-order valence-corrected chi connectivity index (χ2v) is 8.19. The van der Waals surface area contributed by atoms with Crippen molar-refractivity contribution < 1.29 is 4.21 Å². The fourth-order valence-electron chi connectivity index (χ4n) is 3.23. The summed E-state index contributed by atoms with van der Waals surface area (Å²) in [7, 11) is -1.01. The van der Waals surface area contributed by atoms with Gasteiger partial charge in [-0.05, 0) is 50.8 Å². The van der Waals surface area contributed by atoms with Crippen molar-refractivity contribution in [1.29, 1.82) is 0 Å². The summed E-state index contributed by atoms with van der Waals surface area (Å²) in [5.41, 5.74) is 3.55. The van der Waals surface area contributed by atoms with E-state index in [1.807, 2.05) is 30.3 Å². The summed E-state index contributed by atoms with van der Waals surface area (Å²) in [6.45, 7) is 4.19. The molecule has 2 nitrogen and oxygen atoms in total. The second kappa shape index (κ2) is 7.89. The smallest absolute Gasteiger partial charge is 0.0772 e. The van der Waals surface area contributed by atoms with Crippen LogP contribution in [0.25, 0.3) is 0 Å². The number of hydrogen-bond donors (Lipinski definition) is 0. The van der Waals surface area contributed by atoms with Gasteiger partial charge in [0.2, 0.25) is 0 Å². The van der Waals surface area contributed by atoms with Crippen LogP contribution < -0.4 is 0 Å². The summed E-state index contributed by atoms with van der Waals surface area (Å²) in [6, 6.07) is 18.6. The summed E-state index contributed by atoms with van der Waals surface area (Å²) in [6.07, 6.45) is 4.24. The Bertz CT molecular complexity index is 721. The lowest BCUT2D eigenvalue weighted by molar-refractivity contribution is 0.634. The molecular formula is C21H25NOS. The largest absolute Gasteiger partial charge is 0.285 e. The van der Waals surface area contributed by atoms with Gasteiger partial charge in [0.05, 0.1) is 22.1 Å².